The van der Waals surface area contributed by atoms with Crippen LogP contribution in [0.15, 0.2) is 41.3 Å². The zero-order chi connectivity index (χ0) is 21.2. The Morgan fingerprint density at radius 2 is 1.97 bits per heavy atom. The predicted octanol–water partition coefficient (Wildman–Crippen LogP) is 4.96. The summed E-state index contributed by atoms with van der Waals surface area (Å²) in [5.74, 6) is -0.321. The highest BCUT2D eigenvalue weighted by molar-refractivity contribution is 7.85. The molecule has 0 aliphatic heterocycles. The molecule has 0 amide bonds. The highest BCUT2D eigenvalue weighted by Gasteiger charge is 2.41. The van der Waals surface area contributed by atoms with E-state index in [4.69, 9.17) is 0 Å². The molecular formula is C23H29FO4S. The van der Waals surface area contributed by atoms with Gasteiger partial charge >= 0.3 is 0 Å². The van der Waals surface area contributed by atoms with Crippen molar-refractivity contribution < 1.29 is 22.5 Å². The molecule has 0 aromatic heterocycles. The maximum atomic E-state index is 13.7. The van der Waals surface area contributed by atoms with E-state index in [1.54, 1.807) is 18.2 Å². The van der Waals surface area contributed by atoms with Crippen molar-refractivity contribution in [1.29, 1.82) is 0 Å². The van der Waals surface area contributed by atoms with Crippen molar-refractivity contribution in [2.75, 3.05) is 0 Å². The first-order valence-electron chi connectivity index (χ1n) is 10.2. The summed E-state index contributed by atoms with van der Waals surface area (Å²) in [6.45, 7) is 4.00. The monoisotopic (exact) mass is 420 g/mol. The van der Waals surface area contributed by atoms with Crippen LogP contribution in [0.5, 0.6) is 0 Å². The summed E-state index contributed by atoms with van der Waals surface area (Å²) in [6.07, 6.45) is 4.97. The van der Waals surface area contributed by atoms with Crippen LogP contribution in [-0.4, -0.2) is 23.7 Å². The van der Waals surface area contributed by atoms with Crippen LogP contribution in [0.3, 0.4) is 0 Å². The molecule has 6 heteroatoms. The van der Waals surface area contributed by atoms with E-state index in [1.165, 1.54) is 18.2 Å². The van der Waals surface area contributed by atoms with E-state index in [-0.39, 0.29) is 16.6 Å². The molecule has 0 unspecified atom stereocenters. The SMILES string of the molecule is CCCC[C@H]1c2ccc(F)cc2CC[C@@]1(O)CCc1cc(S(=O)(=O)O)ccc1C. The number of benzene rings is 2. The molecule has 2 N–H and O–H groups in total. The molecule has 2 aromatic rings. The average molecular weight is 421 g/mol. The fourth-order valence-corrected chi connectivity index (χ4v) is 5.04. The minimum atomic E-state index is -4.27. The van der Waals surface area contributed by atoms with E-state index in [1.807, 2.05) is 6.92 Å². The minimum Gasteiger partial charge on any atom is -0.389 e. The number of hydrogen-bond donors (Lipinski definition) is 2. The number of unbranched alkanes of at least 4 members (excludes halogenated alkanes) is 1. The average Bonchev–Trinajstić information content (AvgIpc) is 2.66. The van der Waals surface area contributed by atoms with Crippen molar-refractivity contribution in [2.45, 2.75) is 75.2 Å². The van der Waals surface area contributed by atoms with Gasteiger partial charge in [0.2, 0.25) is 0 Å². The molecule has 1 aliphatic carbocycles. The highest BCUT2D eigenvalue weighted by atomic mass is 32.2. The van der Waals surface area contributed by atoms with Crippen molar-refractivity contribution in [1.82, 2.24) is 0 Å². The molecule has 0 bridgehead atoms. The Morgan fingerprint density at radius 1 is 1.21 bits per heavy atom. The maximum absolute atomic E-state index is 13.7. The number of fused-ring (bicyclic) bond motifs is 1. The van der Waals surface area contributed by atoms with Gasteiger partial charge in [-0.05, 0) is 85.5 Å². The topological polar surface area (TPSA) is 74.6 Å². The first-order chi connectivity index (χ1) is 13.6. The Hall–Kier alpha value is -1.76. The molecule has 4 nitrogen and oxygen atoms in total. The van der Waals surface area contributed by atoms with Gasteiger partial charge in [0.05, 0.1) is 10.5 Å². The van der Waals surface area contributed by atoms with Crippen LogP contribution in [-0.2, 0) is 23.0 Å². The Labute approximate surface area is 172 Å². The summed E-state index contributed by atoms with van der Waals surface area (Å²) < 4.78 is 46.0. The van der Waals surface area contributed by atoms with Gasteiger partial charge in [0.25, 0.3) is 10.1 Å². The van der Waals surface area contributed by atoms with Gasteiger partial charge in [-0.2, -0.15) is 8.42 Å². The third-order valence-electron chi connectivity index (χ3n) is 6.25. The molecule has 1 aliphatic rings. The van der Waals surface area contributed by atoms with E-state index in [2.05, 4.69) is 6.92 Å². The summed E-state index contributed by atoms with van der Waals surface area (Å²) >= 11 is 0. The minimum absolute atomic E-state index is 0.0723. The quantitative estimate of drug-likeness (QED) is 0.621. The second kappa shape index (κ2) is 8.54. The van der Waals surface area contributed by atoms with E-state index in [0.29, 0.717) is 25.7 Å². The molecule has 3 rings (SSSR count). The molecule has 0 spiro atoms. The molecule has 29 heavy (non-hydrogen) atoms. The lowest BCUT2D eigenvalue weighted by Gasteiger charge is -2.42. The lowest BCUT2D eigenvalue weighted by Crippen LogP contribution is -2.41. The molecule has 0 saturated heterocycles. The predicted molar refractivity (Wildman–Crippen MR) is 111 cm³/mol. The Kier molecular flexibility index (Phi) is 6.46. The van der Waals surface area contributed by atoms with Crippen LogP contribution in [0, 0.1) is 12.7 Å². The Bertz CT molecular complexity index is 986. The molecule has 2 atom stereocenters. The second-order valence-electron chi connectivity index (χ2n) is 8.20. The van der Waals surface area contributed by atoms with Gasteiger partial charge < -0.3 is 5.11 Å². The smallest absolute Gasteiger partial charge is 0.294 e. The van der Waals surface area contributed by atoms with E-state index in [0.717, 1.165) is 41.5 Å². The first kappa shape index (κ1) is 21.9. The van der Waals surface area contributed by atoms with Gasteiger partial charge in [0, 0.05) is 5.92 Å². The van der Waals surface area contributed by atoms with Gasteiger partial charge in [-0.3, -0.25) is 4.55 Å². The first-order valence-corrected chi connectivity index (χ1v) is 11.7. The number of aryl methyl sites for hydroxylation is 3. The van der Waals surface area contributed by atoms with Gasteiger partial charge in [-0.25, -0.2) is 4.39 Å². The fourth-order valence-electron chi connectivity index (χ4n) is 4.51. The molecule has 0 fully saturated rings. The van der Waals surface area contributed by atoms with E-state index < -0.39 is 15.7 Å². The Balaban J connectivity index is 1.88. The summed E-state index contributed by atoms with van der Waals surface area (Å²) in [5.41, 5.74) is 2.79. The van der Waals surface area contributed by atoms with E-state index in [9.17, 15) is 22.5 Å². The third-order valence-corrected chi connectivity index (χ3v) is 7.10. The van der Waals surface area contributed by atoms with Crippen molar-refractivity contribution in [3.8, 4) is 0 Å². The van der Waals surface area contributed by atoms with Crippen molar-refractivity contribution in [3.05, 3.63) is 64.5 Å². The normalized spacial score (nSPS) is 21.8. The lowest BCUT2D eigenvalue weighted by molar-refractivity contribution is -0.0137. The zero-order valence-corrected chi connectivity index (χ0v) is 17.8. The fraction of sp³-hybridized carbons (Fsp3) is 0.478. The van der Waals surface area contributed by atoms with Crippen LogP contribution in [0.4, 0.5) is 4.39 Å². The van der Waals surface area contributed by atoms with Gasteiger partial charge in [-0.15, -0.1) is 0 Å². The van der Waals surface area contributed by atoms with E-state index >= 15 is 0 Å². The van der Waals surface area contributed by atoms with Gasteiger partial charge in [-0.1, -0.05) is 31.9 Å². The zero-order valence-electron chi connectivity index (χ0n) is 17.0. The number of rotatable bonds is 7. The summed E-state index contributed by atoms with van der Waals surface area (Å²) in [6, 6.07) is 9.39. The largest absolute Gasteiger partial charge is 0.389 e. The summed E-state index contributed by atoms with van der Waals surface area (Å²) in [4.78, 5) is -0.128. The van der Waals surface area contributed by atoms with Crippen molar-refractivity contribution in [3.63, 3.8) is 0 Å². The van der Waals surface area contributed by atoms with Crippen LogP contribution in [0.25, 0.3) is 0 Å². The molecular weight excluding hydrogens is 391 g/mol. The summed E-state index contributed by atoms with van der Waals surface area (Å²) in [5, 5.41) is 11.6. The van der Waals surface area contributed by atoms with Gasteiger partial charge in [0.15, 0.2) is 0 Å². The molecule has 0 heterocycles. The Morgan fingerprint density at radius 3 is 2.66 bits per heavy atom. The number of aliphatic hydroxyl groups is 1. The van der Waals surface area contributed by atoms with Crippen LogP contribution in [0.2, 0.25) is 0 Å². The molecule has 0 radical (unpaired) electrons. The lowest BCUT2D eigenvalue weighted by atomic mass is 9.67. The molecule has 2 aromatic carbocycles. The van der Waals surface area contributed by atoms with Crippen LogP contribution >= 0.6 is 0 Å². The maximum Gasteiger partial charge on any atom is 0.294 e. The third kappa shape index (κ3) is 4.87. The molecule has 158 valence electrons. The molecule has 0 saturated carbocycles. The standard InChI is InChI=1S/C23H29FO4S/c1-3-4-5-22-21-9-7-19(24)14-18(21)11-13-23(22,25)12-10-17-15-20(29(26,27)28)8-6-16(17)2/h6-9,14-15,22,25H,3-5,10-13H2,1-2H3,(H,26,27,28)/t22-,23-/m0/s1. The van der Waals surface area contributed by atoms with Crippen molar-refractivity contribution in [2.24, 2.45) is 0 Å². The van der Waals surface area contributed by atoms with Crippen LogP contribution < -0.4 is 0 Å². The van der Waals surface area contributed by atoms with Crippen molar-refractivity contribution >= 4 is 10.1 Å². The van der Waals surface area contributed by atoms with Gasteiger partial charge in [0.1, 0.15) is 5.82 Å². The highest BCUT2D eigenvalue weighted by Crippen LogP contribution is 2.45. The summed E-state index contributed by atoms with van der Waals surface area (Å²) in [7, 11) is -4.27. The number of halogens is 1. The van der Waals surface area contributed by atoms with Crippen LogP contribution in [0.1, 0.15) is 67.2 Å². The second-order valence-corrected chi connectivity index (χ2v) is 9.63. The number of hydrogen-bond acceptors (Lipinski definition) is 3.